The monoisotopic (exact) mass is 317 g/mol. The summed E-state index contributed by atoms with van der Waals surface area (Å²) in [5, 5.41) is 9.04. The molecule has 1 amide bonds. The van der Waals surface area contributed by atoms with Crippen molar-refractivity contribution in [3.8, 4) is 0 Å². The molecule has 1 N–H and O–H groups in total. The summed E-state index contributed by atoms with van der Waals surface area (Å²) in [6.45, 7) is 5.65. The smallest absolute Gasteiger partial charge is 0.339 e. The fraction of sp³-hybridized carbons (Fsp3) is 0.375. The Morgan fingerprint density at radius 3 is 2.61 bits per heavy atom. The number of aromatic carboxylic acids is 1. The zero-order chi connectivity index (χ0) is 17.1. The molecular weight excluding hydrogens is 298 g/mol. The van der Waals surface area contributed by atoms with E-state index < -0.39 is 5.97 Å². The van der Waals surface area contributed by atoms with Gasteiger partial charge in [0.05, 0.1) is 17.8 Å². The highest BCUT2D eigenvalue weighted by atomic mass is 16.4. The second kappa shape index (κ2) is 6.60. The minimum Gasteiger partial charge on any atom is -0.478 e. The van der Waals surface area contributed by atoms with Crippen LogP contribution in [0.5, 0.6) is 0 Å². The molecule has 0 saturated carbocycles. The average molecular weight is 317 g/mol. The van der Waals surface area contributed by atoms with Crippen molar-refractivity contribution in [3.63, 3.8) is 0 Å². The Bertz CT molecular complexity index is 737. The molecule has 0 bridgehead atoms. The second-order valence-corrected chi connectivity index (χ2v) is 5.63. The molecule has 0 aliphatic rings. The zero-order valence-electron chi connectivity index (χ0n) is 13.5. The Morgan fingerprint density at radius 1 is 1.35 bits per heavy atom. The Balaban J connectivity index is 2.21. The molecule has 2 rings (SSSR count). The summed E-state index contributed by atoms with van der Waals surface area (Å²) in [6.07, 6.45) is 2.92. The van der Waals surface area contributed by atoms with E-state index in [-0.39, 0.29) is 23.9 Å². The normalized spacial score (nSPS) is 10.8. The van der Waals surface area contributed by atoms with Gasteiger partial charge in [-0.3, -0.25) is 4.79 Å². The Morgan fingerprint density at radius 2 is 2.04 bits per heavy atom. The van der Waals surface area contributed by atoms with Crippen LogP contribution in [0.3, 0.4) is 0 Å². The topological polar surface area (TPSA) is 96.5 Å². The Hall–Kier alpha value is -2.70. The predicted molar refractivity (Wildman–Crippen MR) is 82.3 cm³/mol. The third-order valence-electron chi connectivity index (χ3n) is 3.46. The molecule has 0 saturated heterocycles. The van der Waals surface area contributed by atoms with Crippen LogP contribution in [0.4, 0.5) is 0 Å². The molecule has 0 unspecified atom stereocenters. The van der Waals surface area contributed by atoms with E-state index in [0.29, 0.717) is 22.8 Å². The lowest BCUT2D eigenvalue weighted by molar-refractivity contribution is 0.0694. The van der Waals surface area contributed by atoms with Gasteiger partial charge in [0.1, 0.15) is 23.4 Å². The van der Waals surface area contributed by atoms with Gasteiger partial charge in [-0.1, -0.05) is 13.8 Å². The van der Waals surface area contributed by atoms with E-state index in [9.17, 15) is 9.59 Å². The van der Waals surface area contributed by atoms with Crippen LogP contribution in [0, 0.1) is 6.92 Å². The number of nitrogens with zero attached hydrogens (tertiary/aromatic N) is 3. The number of furan rings is 1. The number of hydrogen-bond acceptors (Lipinski definition) is 5. The number of carboxylic acids is 1. The number of aryl methyl sites for hydroxylation is 1. The minimum atomic E-state index is -1.05. The largest absolute Gasteiger partial charge is 0.478 e. The average Bonchev–Trinajstić information content (AvgIpc) is 2.87. The van der Waals surface area contributed by atoms with E-state index in [4.69, 9.17) is 9.52 Å². The molecule has 2 heterocycles. The first-order valence-electron chi connectivity index (χ1n) is 7.19. The van der Waals surface area contributed by atoms with Crippen LogP contribution in [0.2, 0.25) is 0 Å². The maximum Gasteiger partial charge on any atom is 0.339 e. The molecule has 0 aliphatic heterocycles. The van der Waals surface area contributed by atoms with Crippen LogP contribution in [-0.4, -0.2) is 38.9 Å². The molecular formula is C16H19N3O4. The maximum absolute atomic E-state index is 12.6. The molecule has 0 radical (unpaired) electrons. The highest BCUT2D eigenvalue weighted by molar-refractivity contribution is 5.95. The number of hydrogen-bond donors (Lipinski definition) is 1. The van der Waals surface area contributed by atoms with Gasteiger partial charge < -0.3 is 14.4 Å². The van der Waals surface area contributed by atoms with Gasteiger partial charge in [-0.25, -0.2) is 14.8 Å². The molecule has 23 heavy (non-hydrogen) atoms. The van der Waals surface area contributed by atoms with E-state index in [2.05, 4.69) is 9.97 Å². The molecule has 7 nitrogen and oxygen atoms in total. The summed E-state index contributed by atoms with van der Waals surface area (Å²) in [6, 6.07) is 1.44. The van der Waals surface area contributed by atoms with Crippen LogP contribution < -0.4 is 0 Å². The van der Waals surface area contributed by atoms with Gasteiger partial charge in [0.2, 0.25) is 0 Å². The van der Waals surface area contributed by atoms with Crippen molar-refractivity contribution in [1.29, 1.82) is 0 Å². The summed E-state index contributed by atoms with van der Waals surface area (Å²) in [4.78, 5) is 33.2. The molecule has 0 aliphatic carbocycles. The lowest BCUT2D eigenvalue weighted by atomic mass is 10.0. The first-order chi connectivity index (χ1) is 10.8. The Labute approximate surface area is 134 Å². The van der Waals surface area contributed by atoms with Crippen molar-refractivity contribution in [3.05, 3.63) is 46.9 Å². The SMILES string of the molecule is Cc1oc(CN(C)C(=O)c2cncnc2C(C)C)cc1C(=O)O. The van der Waals surface area contributed by atoms with Crippen molar-refractivity contribution < 1.29 is 19.1 Å². The highest BCUT2D eigenvalue weighted by Crippen LogP contribution is 2.20. The van der Waals surface area contributed by atoms with Crippen molar-refractivity contribution in [1.82, 2.24) is 14.9 Å². The van der Waals surface area contributed by atoms with Crippen LogP contribution in [-0.2, 0) is 6.54 Å². The maximum atomic E-state index is 12.6. The van der Waals surface area contributed by atoms with E-state index in [1.54, 1.807) is 14.0 Å². The summed E-state index contributed by atoms with van der Waals surface area (Å²) in [5.41, 5.74) is 1.22. The molecule has 0 fully saturated rings. The summed E-state index contributed by atoms with van der Waals surface area (Å²) >= 11 is 0. The second-order valence-electron chi connectivity index (χ2n) is 5.63. The number of aromatic nitrogens is 2. The van der Waals surface area contributed by atoms with Crippen LogP contribution in [0.25, 0.3) is 0 Å². The van der Waals surface area contributed by atoms with Crippen LogP contribution in [0.15, 0.2) is 23.0 Å². The van der Waals surface area contributed by atoms with E-state index in [1.807, 2.05) is 13.8 Å². The van der Waals surface area contributed by atoms with Gasteiger partial charge in [-0.2, -0.15) is 0 Å². The standard InChI is InChI=1S/C16H19N3O4/c1-9(2)14-13(6-17-8-18-14)15(20)19(4)7-11-5-12(16(21)22)10(3)23-11/h5-6,8-9H,7H2,1-4H3,(H,21,22). The van der Waals surface area contributed by atoms with Crippen molar-refractivity contribution in [2.75, 3.05) is 7.05 Å². The third-order valence-corrected chi connectivity index (χ3v) is 3.46. The number of carbonyl (C=O) groups excluding carboxylic acids is 1. The highest BCUT2D eigenvalue weighted by Gasteiger charge is 2.21. The number of carbonyl (C=O) groups is 2. The molecule has 2 aromatic heterocycles. The van der Waals surface area contributed by atoms with E-state index >= 15 is 0 Å². The van der Waals surface area contributed by atoms with Crippen molar-refractivity contribution in [2.45, 2.75) is 33.2 Å². The first kappa shape index (κ1) is 16.7. The summed E-state index contributed by atoms with van der Waals surface area (Å²) < 4.78 is 5.40. The first-order valence-corrected chi connectivity index (χ1v) is 7.19. The van der Waals surface area contributed by atoms with Crippen molar-refractivity contribution in [2.24, 2.45) is 0 Å². The summed E-state index contributed by atoms with van der Waals surface area (Å²) in [7, 11) is 1.62. The fourth-order valence-corrected chi connectivity index (χ4v) is 2.31. The van der Waals surface area contributed by atoms with Gasteiger partial charge >= 0.3 is 5.97 Å². The molecule has 2 aromatic rings. The quantitative estimate of drug-likeness (QED) is 0.910. The van der Waals surface area contributed by atoms with Crippen molar-refractivity contribution >= 4 is 11.9 Å². The summed E-state index contributed by atoms with van der Waals surface area (Å²) in [5.74, 6) is -0.460. The lowest BCUT2D eigenvalue weighted by Crippen LogP contribution is -2.27. The fourth-order valence-electron chi connectivity index (χ4n) is 2.31. The number of rotatable bonds is 5. The van der Waals surface area contributed by atoms with Gasteiger partial charge in [0, 0.05) is 13.2 Å². The lowest BCUT2D eigenvalue weighted by Gasteiger charge is -2.18. The predicted octanol–water partition coefficient (Wildman–Crippen LogP) is 2.47. The number of carboxylic acid groups (broad SMARTS) is 1. The number of amides is 1. The minimum absolute atomic E-state index is 0.0924. The molecule has 0 spiro atoms. The third kappa shape index (κ3) is 3.56. The van der Waals surface area contributed by atoms with E-state index in [0.717, 1.165) is 0 Å². The zero-order valence-corrected chi connectivity index (χ0v) is 13.5. The molecule has 122 valence electrons. The molecule has 7 heteroatoms. The Kier molecular flexibility index (Phi) is 4.78. The van der Waals surface area contributed by atoms with Crippen LogP contribution in [0.1, 0.15) is 57.7 Å². The molecule has 0 atom stereocenters. The van der Waals surface area contributed by atoms with E-state index in [1.165, 1.54) is 23.5 Å². The van der Waals surface area contributed by atoms with Crippen LogP contribution >= 0.6 is 0 Å². The van der Waals surface area contributed by atoms with Gasteiger partial charge in [0.25, 0.3) is 5.91 Å². The van der Waals surface area contributed by atoms with Gasteiger partial charge in [0.15, 0.2) is 0 Å². The van der Waals surface area contributed by atoms with Gasteiger partial charge in [-0.15, -0.1) is 0 Å². The van der Waals surface area contributed by atoms with Gasteiger partial charge in [-0.05, 0) is 18.9 Å². The molecule has 0 aromatic carbocycles.